The quantitative estimate of drug-likeness (QED) is 0.321. The smallest absolute Gasteiger partial charge is 0.165 e. The van der Waals surface area contributed by atoms with Crippen LogP contribution in [0.2, 0.25) is 0 Å². The molecule has 0 fully saturated rings. The number of nitrogens with zero attached hydrogens (tertiary/aromatic N) is 4. The lowest BCUT2D eigenvalue weighted by Gasteiger charge is -2.28. The molecule has 0 aliphatic heterocycles. The monoisotopic (exact) mass is 556 g/mol. The standard InChI is InChI=1S/C26H33BrN6OS/c1-26(2,19-32(3)4)18-30-35(34)22-13-11-21(12-14-22)28-16-15-24(20-9-7-6-8-10-20)31-25-23(27)17-29-33(25)5/h6-17,28,30H,18-19H2,1-5H3/b16-15+,31-24+. The van der Waals surface area contributed by atoms with E-state index in [2.05, 4.69) is 49.8 Å². The van der Waals surface area contributed by atoms with Crippen LogP contribution in [0.4, 0.5) is 11.5 Å². The molecule has 7 nitrogen and oxygen atoms in total. The zero-order valence-electron chi connectivity index (χ0n) is 20.8. The predicted octanol–water partition coefficient (Wildman–Crippen LogP) is 5.13. The molecule has 1 aromatic heterocycles. The van der Waals surface area contributed by atoms with Gasteiger partial charge in [-0.05, 0) is 65.8 Å². The number of nitrogens with one attached hydrogen (secondary N) is 2. The van der Waals surface area contributed by atoms with Crippen LogP contribution in [-0.4, -0.2) is 51.8 Å². The van der Waals surface area contributed by atoms with Gasteiger partial charge in [0, 0.05) is 37.6 Å². The number of aliphatic imine (C=N–C) groups is 1. The SMILES string of the molecule is CN(C)CC(C)(C)CNS(=O)c1ccc(N/C=C/C(=N\c2c(Br)cnn2C)c2ccccc2)cc1. The Bertz CT molecular complexity index is 1170. The molecule has 0 saturated heterocycles. The number of hydrogen-bond donors (Lipinski definition) is 2. The van der Waals surface area contributed by atoms with Gasteiger partial charge in [0.1, 0.15) is 11.0 Å². The Kier molecular flexibility index (Phi) is 9.56. The van der Waals surface area contributed by atoms with E-state index in [1.165, 1.54) is 0 Å². The number of allylic oxidation sites excluding steroid dienone is 1. The third kappa shape index (κ3) is 8.24. The molecular formula is C26H33BrN6OS. The van der Waals surface area contributed by atoms with Crippen LogP contribution in [0.1, 0.15) is 19.4 Å². The number of benzene rings is 2. The number of hydrogen-bond acceptors (Lipinski definition) is 5. The highest BCUT2D eigenvalue weighted by Gasteiger charge is 2.20. The second kappa shape index (κ2) is 12.4. The van der Waals surface area contributed by atoms with Crippen LogP contribution in [-0.2, 0) is 18.0 Å². The number of rotatable bonds is 11. The first kappa shape index (κ1) is 27.0. The minimum atomic E-state index is -1.26. The maximum atomic E-state index is 12.7. The first-order valence-electron chi connectivity index (χ1n) is 11.3. The molecule has 9 heteroatoms. The van der Waals surface area contributed by atoms with Gasteiger partial charge < -0.3 is 10.2 Å². The van der Waals surface area contributed by atoms with Crippen LogP contribution in [0, 0.1) is 5.41 Å². The fraction of sp³-hybridized carbons (Fsp3) is 0.308. The van der Waals surface area contributed by atoms with E-state index >= 15 is 0 Å². The van der Waals surface area contributed by atoms with Gasteiger partial charge in [-0.15, -0.1) is 0 Å². The lowest BCUT2D eigenvalue weighted by Crippen LogP contribution is -2.38. The Morgan fingerprint density at radius 3 is 2.46 bits per heavy atom. The molecule has 186 valence electrons. The second-order valence-electron chi connectivity index (χ2n) is 9.30. The third-order valence-corrected chi connectivity index (χ3v) is 6.81. The summed E-state index contributed by atoms with van der Waals surface area (Å²) in [6.45, 7) is 5.90. The molecule has 3 rings (SSSR count). The van der Waals surface area contributed by atoms with E-state index in [1.807, 2.05) is 88.0 Å². The Morgan fingerprint density at radius 1 is 1.17 bits per heavy atom. The average molecular weight is 558 g/mol. The maximum absolute atomic E-state index is 12.7. The molecule has 0 bridgehead atoms. The van der Waals surface area contributed by atoms with E-state index in [9.17, 15) is 4.21 Å². The highest BCUT2D eigenvalue weighted by atomic mass is 79.9. The van der Waals surface area contributed by atoms with Gasteiger partial charge in [-0.2, -0.15) is 5.10 Å². The fourth-order valence-corrected chi connectivity index (χ4v) is 5.11. The Balaban J connectivity index is 1.67. The summed E-state index contributed by atoms with van der Waals surface area (Å²) in [4.78, 5) is 7.69. The summed E-state index contributed by atoms with van der Waals surface area (Å²) in [5.41, 5.74) is 2.70. The van der Waals surface area contributed by atoms with Crippen molar-refractivity contribution in [2.24, 2.45) is 17.5 Å². The highest BCUT2D eigenvalue weighted by molar-refractivity contribution is 9.10. The molecule has 35 heavy (non-hydrogen) atoms. The molecule has 0 radical (unpaired) electrons. The minimum absolute atomic E-state index is 0.0223. The molecular weight excluding hydrogens is 524 g/mol. The van der Waals surface area contributed by atoms with Crippen molar-refractivity contribution < 1.29 is 4.21 Å². The van der Waals surface area contributed by atoms with Gasteiger partial charge >= 0.3 is 0 Å². The molecule has 1 atom stereocenters. The molecule has 2 aromatic carbocycles. The fourth-order valence-electron chi connectivity index (χ4n) is 3.60. The van der Waals surface area contributed by atoms with Gasteiger partial charge in [0.2, 0.25) is 0 Å². The minimum Gasteiger partial charge on any atom is -0.362 e. The van der Waals surface area contributed by atoms with Crippen molar-refractivity contribution in [1.82, 2.24) is 19.4 Å². The summed E-state index contributed by atoms with van der Waals surface area (Å²) < 4.78 is 18.4. The van der Waals surface area contributed by atoms with E-state index < -0.39 is 11.0 Å². The van der Waals surface area contributed by atoms with Gasteiger partial charge in [-0.1, -0.05) is 44.2 Å². The van der Waals surface area contributed by atoms with Crippen molar-refractivity contribution in [1.29, 1.82) is 0 Å². The molecule has 1 unspecified atom stereocenters. The molecule has 1 heterocycles. The lowest BCUT2D eigenvalue weighted by atomic mass is 9.93. The summed E-state index contributed by atoms with van der Waals surface area (Å²) in [5, 5.41) is 7.52. The summed E-state index contributed by atoms with van der Waals surface area (Å²) in [6, 6.07) is 17.6. The molecule has 0 aliphatic rings. The summed E-state index contributed by atoms with van der Waals surface area (Å²) in [6.07, 6.45) is 5.51. The number of anilines is 1. The number of halogens is 1. The second-order valence-corrected chi connectivity index (χ2v) is 11.4. The first-order chi connectivity index (χ1) is 16.6. The number of aryl methyl sites for hydroxylation is 1. The van der Waals surface area contributed by atoms with Gasteiger partial charge in [-0.25, -0.2) is 18.6 Å². The van der Waals surface area contributed by atoms with Crippen molar-refractivity contribution in [2.75, 3.05) is 32.5 Å². The Labute approximate surface area is 219 Å². The van der Waals surface area contributed by atoms with E-state index in [0.717, 1.165) is 38.7 Å². The van der Waals surface area contributed by atoms with E-state index in [1.54, 1.807) is 10.9 Å². The van der Waals surface area contributed by atoms with Crippen molar-refractivity contribution in [3.8, 4) is 0 Å². The molecule has 3 aromatic rings. The van der Waals surface area contributed by atoms with Crippen LogP contribution >= 0.6 is 15.9 Å². The Morgan fingerprint density at radius 2 is 1.86 bits per heavy atom. The highest BCUT2D eigenvalue weighted by Crippen LogP contribution is 2.25. The Hall–Kier alpha value is -2.59. The average Bonchev–Trinajstić information content (AvgIpc) is 3.14. The molecule has 0 aliphatic carbocycles. The van der Waals surface area contributed by atoms with Crippen molar-refractivity contribution in [2.45, 2.75) is 18.7 Å². The summed E-state index contributed by atoms with van der Waals surface area (Å²) >= 11 is 3.51. The molecule has 2 N–H and O–H groups in total. The normalized spacial score (nSPS) is 13.5. The van der Waals surface area contributed by atoms with Gasteiger partial charge in [0.05, 0.1) is 21.3 Å². The van der Waals surface area contributed by atoms with E-state index in [4.69, 9.17) is 4.99 Å². The van der Waals surface area contributed by atoms with Crippen molar-refractivity contribution >= 4 is 44.1 Å². The number of aromatic nitrogens is 2. The maximum Gasteiger partial charge on any atom is 0.165 e. The lowest BCUT2D eigenvalue weighted by molar-refractivity contribution is 0.243. The van der Waals surface area contributed by atoms with Crippen LogP contribution in [0.5, 0.6) is 0 Å². The van der Waals surface area contributed by atoms with Crippen LogP contribution in [0.15, 0.2) is 87.4 Å². The molecule has 0 amide bonds. The van der Waals surface area contributed by atoms with Crippen LogP contribution in [0.3, 0.4) is 0 Å². The van der Waals surface area contributed by atoms with Crippen LogP contribution < -0.4 is 10.0 Å². The molecule has 0 spiro atoms. The van der Waals surface area contributed by atoms with Crippen molar-refractivity contribution in [3.05, 3.63) is 83.1 Å². The van der Waals surface area contributed by atoms with Gasteiger partial charge in [0.15, 0.2) is 5.82 Å². The topological polar surface area (TPSA) is 74.6 Å². The molecule has 0 saturated carbocycles. The third-order valence-electron chi connectivity index (χ3n) is 5.15. The zero-order valence-corrected chi connectivity index (χ0v) is 23.2. The van der Waals surface area contributed by atoms with Crippen LogP contribution in [0.25, 0.3) is 0 Å². The van der Waals surface area contributed by atoms with E-state index in [-0.39, 0.29) is 5.41 Å². The van der Waals surface area contributed by atoms with Gasteiger partial charge in [0.25, 0.3) is 0 Å². The largest absolute Gasteiger partial charge is 0.362 e. The zero-order chi connectivity index (χ0) is 25.4. The summed E-state index contributed by atoms with van der Waals surface area (Å²) in [5.74, 6) is 0.738. The van der Waals surface area contributed by atoms with E-state index in [0.29, 0.717) is 6.54 Å². The first-order valence-corrected chi connectivity index (χ1v) is 13.2. The summed E-state index contributed by atoms with van der Waals surface area (Å²) in [7, 11) is 4.69. The van der Waals surface area contributed by atoms with Gasteiger partial charge in [-0.3, -0.25) is 0 Å². The van der Waals surface area contributed by atoms with Crippen molar-refractivity contribution in [3.63, 3.8) is 0 Å². The predicted molar refractivity (Wildman–Crippen MR) is 149 cm³/mol.